The monoisotopic (exact) mass is 487 g/mol. The number of rotatable bonds is 5. The summed E-state index contributed by atoms with van der Waals surface area (Å²) in [6, 6.07) is 14.4. The molecule has 0 unspecified atom stereocenters. The van der Waals surface area contributed by atoms with Crippen molar-refractivity contribution in [3.8, 4) is 11.5 Å². The van der Waals surface area contributed by atoms with Gasteiger partial charge < -0.3 is 15.0 Å². The molecule has 1 saturated heterocycles. The number of nitrogens with one attached hydrogen (secondary N) is 3. The van der Waals surface area contributed by atoms with E-state index < -0.39 is 0 Å². The summed E-state index contributed by atoms with van der Waals surface area (Å²) < 4.78 is 7.50. The first kappa shape index (κ1) is 21.6. The molecule has 3 aromatic heterocycles. The second-order valence-corrected chi connectivity index (χ2v) is 9.03. The molecule has 0 aliphatic carbocycles. The molecular formula is C26H22ClN5O3. The lowest BCUT2D eigenvalue weighted by molar-refractivity contribution is 0.104. The normalized spacial score (nSPS) is 14.5. The van der Waals surface area contributed by atoms with Gasteiger partial charge in [0.15, 0.2) is 5.78 Å². The third kappa shape index (κ3) is 3.80. The summed E-state index contributed by atoms with van der Waals surface area (Å²) >= 11 is 6.51. The zero-order valence-electron chi connectivity index (χ0n) is 18.7. The van der Waals surface area contributed by atoms with E-state index in [1.54, 1.807) is 35.3 Å². The van der Waals surface area contributed by atoms with Gasteiger partial charge >= 0.3 is 0 Å². The fraction of sp³-hybridized carbons (Fsp3) is 0.192. The first-order valence-electron chi connectivity index (χ1n) is 11.5. The summed E-state index contributed by atoms with van der Waals surface area (Å²) in [6.07, 6.45) is 4.89. The molecule has 0 bridgehead atoms. The molecule has 176 valence electrons. The number of ether oxygens (including phenoxy) is 1. The minimum atomic E-state index is -0.266. The van der Waals surface area contributed by atoms with E-state index in [0.717, 1.165) is 25.9 Å². The molecule has 1 fully saturated rings. The predicted molar refractivity (Wildman–Crippen MR) is 135 cm³/mol. The van der Waals surface area contributed by atoms with Crippen molar-refractivity contribution in [1.82, 2.24) is 25.1 Å². The molecular weight excluding hydrogens is 466 g/mol. The van der Waals surface area contributed by atoms with E-state index in [4.69, 9.17) is 16.3 Å². The quantitative estimate of drug-likeness (QED) is 0.309. The summed E-state index contributed by atoms with van der Waals surface area (Å²) in [7, 11) is 0. The number of halogens is 1. The van der Waals surface area contributed by atoms with Crippen molar-refractivity contribution in [2.24, 2.45) is 0 Å². The number of para-hydroxylation sites is 1. The number of pyridine rings is 1. The second kappa shape index (κ2) is 8.72. The van der Waals surface area contributed by atoms with Gasteiger partial charge in [-0.25, -0.2) is 9.67 Å². The van der Waals surface area contributed by atoms with E-state index in [-0.39, 0.29) is 22.4 Å². The van der Waals surface area contributed by atoms with Crippen LogP contribution in [0.5, 0.6) is 11.5 Å². The summed E-state index contributed by atoms with van der Waals surface area (Å²) in [5.41, 5.74) is 1.74. The Kier molecular flexibility index (Phi) is 5.39. The van der Waals surface area contributed by atoms with E-state index >= 15 is 0 Å². The lowest BCUT2D eigenvalue weighted by atomic mass is 10.0. The van der Waals surface area contributed by atoms with Crippen LogP contribution in [0.3, 0.4) is 0 Å². The number of nitrogens with zero attached hydrogens (tertiary/aromatic N) is 2. The van der Waals surface area contributed by atoms with Gasteiger partial charge in [-0.3, -0.25) is 14.7 Å². The Morgan fingerprint density at radius 1 is 1.06 bits per heavy atom. The average Bonchev–Trinajstić information content (AvgIpc) is 3.46. The van der Waals surface area contributed by atoms with Crippen molar-refractivity contribution in [3.63, 3.8) is 0 Å². The van der Waals surface area contributed by atoms with Crippen molar-refractivity contribution in [3.05, 3.63) is 87.4 Å². The van der Waals surface area contributed by atoms with Gasteiger partial charge in [0.05, 0.1) is 32.9 Å². The van der Waals surface area contributed by atoms with Crippen LogP contribution in [0.2, 0.25) is 5.02 Å². The molecule has 1 aliphatic rings. The number of aromatic nitrogens is 4. The number of ketones is 1. The first-order valence-corrected chi connectivity index (χ1v) is 11.9. The van der Waals surface area contributed by atoms with Gasteiger partial charge in [0.2, 0.25) is 0 Å². The van der Waals surface area contributed by atoms with E-state index in [9.17, 15) is 9.59 Å². The number of carbonyl (C=O) groups is 1. The summed E-state index contributed by atoms with van der Waals surface area (Å²) in [5.74, 6) is 0.941. The lowest BCUT2D eigenvalue weighted by Crippen LogP contribution is -2.33. The van der Waals surface area contributed by atoms with Crippen LogP contribution >= 0.6 is 11.6 Å². The van der Waals surface area contributed by atoms with Crippen LogP contribution < -0.4 is 15.6 Å². The maximum absolute atomic E-state index is 13.6. The number of H-pyrrole nitrogens is 2. The lowest BCUT2D eigenvalue weighted by Gasteiger charge is -2.22. The maximum Gasteiger partial charge on any atom is 0.276 e. The van der Waals surface area contributed by atoms with Crippen LogP contribution in [-0.2, 0) is 0 Å². The van der Waals surface area contributed by atoms with Gasteiger partial charge in [0, 0.05) is 24.0 Å². The van der Waals surface area contributed by atoms with Crippen molar-refractivity contribution >= 4 is 39.3 Å². The minimum absolute atomic E-state index is 0.0795. The minimum Gasteiger partial charge on any atom is -0.457 e. The topological polar surface area (TPSA) is 105 Å². The summed E-state index contributed by atoms with van der Waals surface area (Å²) in [5, 5.41) is 7.91. The average molecular weight is 488 g/mol. The maximum atomic E-state index is 13.6. The Hall–Kier alpha value is -3.88. The van der Waals surface area contributed by atoms with Gasteiger partial charge in [-0.05, 0) is 50.2 Å². The number of hydrogen-bond acceptors (Lipinski definition) is 5. The number of piperidine rings is 1. The number of aromatic amines is 2. The van der Waals surface area contributed by atoms with E-state index in [2.05, 4.69) is 20.4 Å². The summed E-state index contributed by atoms with van der Waals surface area (Å²) in [4.78, 5) is 34.2. The van der Waals surface area contributed by atoms with Crippen LogP contribution in [0.15, 0.2) is 65.7 Å². The zero-order chi connectivity index (χ0) is 23.9. The Bertz CT molecular complexity index is 1610. The molecule has 2 aromatic carbocycles. The SMILES string of the molecule is O=C(c1ccc(Oc2ccccc2)cc1Cl)c1c[nH]c2ncc3c(=O)n(C4CCNCC4)[nH]c3c12. The third-order valence-corrected chi connectivity index (χ3v) is 6.78. The van der Waals surface area contributed by atoms with Crippen LogP contribution in [-0.4, -0.2) is 38.6 Å². The Morgan fingerprint density at radius 3 is 2.63 bits per heavy atom. The standard InChI is InChI=1S/C26H22ClN5O3/c27-21-12-17(35-16-4-2-1-3-5-16)6-7-18(21)24(33)19-13-29-25-22(19)23-20(14-30-25)26(34)32(31-23)15-8-10-28-11-9-15/h1-7,12-15,28,31H,8-11H2,(H,29,30). The van der Waals surface area contributed by atoms with Crippen LogP contribution in [0.4, 0.5) is 0 Å². The molecule has 6 rings (SSSR count). The van der Waals surface area contributed by atoms with Crippen molar-refractivity contribution in [1.29, 1.82) is 0 Å². The highest BCUT2D eigenvalue weighted by Gasteiger charge is 2.24. The zero-order valence-corrected chi connectivity index (χ0v) is 19.4. The molecule has 0 spiro atoms. The van der Waals surface area contributed by atoms with Crippen LogP contribution in [0, 0.1) is 0 Å². The second-order valence-electron chi connectivity index (χ2n) is 8.63. The first-order chi connectivity index (χ1) is 17.1. The molecule has 1 aliphatic heterocycles. The molecule has 4 heterocycles. The van der Waals surface area contributed by atoms with Gasteiger partial charge in [0.25, 0.3) is 5.56 Å². The van der Waals surface area contributed by atoms with Gasteiger partial charge in [-0.1, -0.05) is 29.8 Å². The highest BCUT2D eigenvalue weighted by molar-refractivity contribution is 6.36. The number of fused-ring (bicyclic) bond motifs is 3. The molecule has 35 heavy (non-hydrogen) atoms. The molecule has 0 radical (unpaired) electrons. The highest BCUT2D eigenvalue weighted by atomic mass is 35.5. The van der Waals surface area contributed by atoms with Crippen LogP contribution in [0.1, 0.15) is 34.8 Å². The van der Waals surface area contributed by atoms with E-state index in [1.165, 1.54) is 0 Å². The molecule has 5 aromatic rings. The molecule has 8 nitrogen and oxygen atoms in total. The van der Waals surface area contributed by atoms with Crippen molar-refractivity contribution in [2.75, 3.05) is 13.1 Å². The Morgan fingerprint density at radius 2 is 1.86 bits per heavy atom. The van der Waals surface area contributed by atoms with E-state index in [1.807, 2.05) is 30.3 Å². The molecule has 3 N–H and O–H groups in total. The number of carbonyl (C=O) groups excluding carboxylic acids is 1. The molecule has 9 heteroatoms. The molecule has 0 saturated carbocycles. The summed E-state index contributed by atoms with van der Waals surface area (Å²) in [6.45, 7) is 1.72. The fourth-order valence-electron chi connectivity index (χ4n) is 4.69. The Balaban J connectivity index is 1.40. The van der Waals surface area contributed by atoms with Crippen molar-refractivity contribution < 1.29 is 9.53 Å². The van der Waals surface area contributed by atoms with E-state index in [0.29, 0.717) is 44.6 Å². The number of hydrogen-bond donors (Lipinski definition) is 3. The van der Waals surface area contributed by atoms with Gasteiger partial charge in [-0.2, -0.15) is 0 Å². The molecule has 0 amide bonds. The highest BCUT2D eigenvalue weighted by Crippen LogP contribution is 2.31. The molecule has 0 atom stereocenters. The van der Waals surface area contributed by atoms with Gasteiger partial charge in [-0.15, -0.1) is 0 Å². The Labute approximate surface area is 204 Å². The van der Waals surface area contributed by atoms with Crippen LogP contribution in [0.25, 0.3) is 21.9 Å². The van der Waals surface area contributed by atoms with Gasteiger partial charge in [0.1, 0.15) is 17.1 Å². The smallest absolute Gasteiger partial charge is 0.276 e. The fourth-order valence-corrected chi connectivity index (χ4v) is 4.95. The third-order valence-electron chi connectivity index (χ3n) is 6.47. The number of benzene rings is 2. The largest absolute Gasteiger partial charge is 0.457 e. The van der Waals surface area contributed by atoms with Crippen molar-refractivity contribution in [2.45, 2.75) is 18.9 Å². The predicted octanol–water partition coefficient (Wildman–Crippen LogP) is 4.81.